The normalized spacial score (nSPS) is 15.2. The lowest BCUT2D eigenvalue weighted by Crippen LogP contribution is -2.21. The first-order valence-electron chi connectivity index (χ1n) is 7.96. The van der Waals surface area contributed by atoms with E-state index in [9.17, 15) is 4.79 Å². The van der Waals surface area contributed by atoms with Gasteiger partial charge in [-0.2, -0.15) is 0 Å². The Balaban J connectivity index is 1.60. The molecule has 6 nitrogen and oxygen atoms in total. The molecule has 0 aromatic carbocycles. The first-order valence-corrected chi connectivity index (χ1v) is 8.78. The van der Waals surface area contributed by atoms with Gasteiger partial charge in [0.2, 0.25) is 0 Å². The summed E-state index contributed by atoms with van der Waals surface area (Å²) in [6.07, 6.45) is 8.31. The van der Waals surface area contributed by atoms with Crippen LogP contribution in [-0.4, -0.2) is 19.5 Å². The van der Waals surface area contributed by atoms with Gasteiger partial charge >= 0.3 is 0 Å². The lowest BCUT2D eigenvalue weighted by atomic mass is 9.83. The summed E-state index contributed by atoms with van der Waals surface area (Å²) >= 11 is 1.39. The minimum Gasteiger partial charge on any atom is -0.448 e. The van der Waals surface area contributed by atoms with E-state index in [1.165, 1.54) is 24.2 Å². The zero-order chi connectivity index (χ0) is 16.1. The number of nitrogens with zero attached hydrogens (tertiary/aromatic N) is 4. The van der Waals surface area contributed by atoms with E-state index < -0.39 is 0 Å². The molecule has 0 unspecified atom stereocenters. The first kappa shape index (κ1) is 13.9. The van der Waals surface area contributed by atoms with Gasteiger partial charge in [0.15, 0.2) is 6.39 Å². The van der Waals surface area contributed by atoms with Crippen LogP contribution in [0.2, 0.25) is 0 Å². The molecule has 24 heavy (non-hydrogen) atoms. The molecule has 1 aliphatic carbocycles. The van der Waals surface area contributed by atoms with Crippen molar-refractivity contribution in [2.24, 2.45) is 0 Å². The maximum Gasteiger partial charge on any atom is 0.271 e. The van der Waals surface area contributed by atoms with E-state index >= 15 is 0 Å². The Morgan fingerprint density at radius 3 is 3.04 bits per heavy atom. The first-order chi connectivity index (χ1) is 11.8. The van der Waals surface area contributed by atoms with E-state index in [4.69, 9.17) is 4.42 Å². The molecule has 1 aliphatic rings. The Labute approximate surface area is 140 Å². The quantitative estimate of drug-likeness (QED) is 0.573. The predicted octanol–water partition coefficient (Wildman–Crippen LogP) is 3.31. The number of oxazole rings is 1. The molecule has 0 aliphatic heterocycles. The highest BCUT2D eigenvalue weighted by atomic mass is 32.1. The van der Waals surface area contributed by atoms with Gasteiger partial charge in [-0.1, -0.05) is 6.42 Å². The Hall–Kier alpha value is -2.54. The van der Waals surface area contributed by atoms with Crippen LogP contribution in [0.4, 0.5) is 0 Å². The highest BCUT2D eigenvalue weighted by Crippen LogP contribution is 2.38. The molecule has 0 atom stereocenters. The number of pyridine rings is 1. The predicted molar refractivity (Wildman–Crippen MR) is 91.4 cm³/mol. The molecular weight excluding hydrogens is 324 g/mol. The molecule has 120 valence electrons. The Kier molecular flexibility index (Phi) is 3.02. The topological polar surface area (TPSA) is 73.8 Å². The second-order valence-corrected chi connectivity index (χ2v) is 7.10. The number of fused-ring (bicyclic) bond motifs is 3. The number of hydrogen-bond acceptors (Lipinski definition) is 6. The van der Waals surface area contributed by atoms with Crippen molar-refractivity contribution in [3.63, 3.8) is 0 Å². The molecule has 0 radical (unpaired) electrons. The smallest absolute Gasteiger partial charge is 0.271 e. The minimum atomic E-state index is -0.0504. The molecule has 7 heteroatoms. The van der Waals surface area contributed by atoms with Gasteiger partial charge in [0.25, 0.3) is 5.56 Å². The van der Waals surface area contributed by atoms with Crippen molar-refractivity contribution in [1.29, 1.82) is 0 Å². The molecular formula is C17H14N4O2S. The molecule has 0 spiro atoms. The summed E-state index contributed by atoms with van der Waals surface area (Å²) in [5.74, 6) is 1.37. The number of rotatable bonds is 3. The van der Waals surface area contributed by atoms with Gasteiger partial charge < -0.3 is 4.42 Å². The maximum atomic E-state index is 12.8. The van der Waals surface area contributed by atoms with Gasteiger partial charge in [-0.05, 0) is 25.0 Å². The fourth-order valence-electron chi connectivity index (χ4n) is 3.18. The second-order valence-electron chi connectivity index (χ2n) is 6.10. The van der Waals surface area contributed by atoms with Crippen molar-refractivity contribution in [2.45, 2.75) is 31.7 Å². The van der Waals surface area contributed by atoms with E-state index in [2.05, 4.69) is 15.0 Å². The van der Waals surface area contributed by atoms with E-state index in [1.807, 2.05) is 12.1 Å². The average molecular weight is 338 g/mol. The van der Waals surface area contributed by atoms with Gasteiger partial charge in [0.05, 0.1) is 18.4 Å². The van der Waals surface area contributed by atoms with Crippen LogP contribution in [0.25, 0.3) is 20.4 Å². The third-order valence-electron chi connectivity index (χ3n) is 4.69. The zero-order valence-corrected chi connectivity index (χ0v) is 13.6. The minimum absolute atomic E-state index is 0.0504. The summed E-state index contributed by atoms with van der Waals surface area (Å²) in [6.45, 7) is 0.395. The fourth-order valence-corrected chi connectivity index (χ4v) is 4.22. The highest BCUT2D eigenvalue weighted by molar-refractivity contribution is 7.25. The van der Waals surface area contributed by atoms with Crippen molar-refractivity contribution < 1.29 is 4.42 Å². The summed E-state index contributed by atoms with van der Waals surface area (Å²) < 4.78 is 7.81. The summed E-state index contributed by atoms with van der Waals surface area (Å²) in [6, 6.07) is 3.81. The van der Waals surface area contributed by atoms with Crippen LogP contribution in [0.1, 0.15) is 36.6 Å². The van der Waals surface area contributed by atoms with E-state index in [1.54, 1.807) is 17.1 Å². The Morgan fingerprint density at radius 1 is 1.29 bits per heavy atom. The van der Waals surface area contributed by atoms with Crippen LogP contribution >= 0.6 is 11.3 Å². The second kappa shape index (κ2) is 5.24. The highest BCUT2D eigenvalue weighted by Gasteiger charge is 2.26. The van der Waals surface area contributed by atoms with Crippen molar-refractivity contribution >= 4 is 31.8 Å². The van der Waals surface area contributed by atoms with Crippen LogP contribution in [0.3, 0.4) is 0 Å². The average Bonchev–Trinajstić information content (AvgIpc) is 3.14. The third-order valence-corrected chi connectivity index (χ3v) is 5.78. The Morgan fingerprint density at radius 2 is 2.21 bits per heavy atom. The molecule has 4 aromatic heterocycles. The number of thiophene rings is 1. The van der Waals surface area contributed by atoms with Gasteiger partial charge in [0.1, 0.15) is 21.0 Å². The number of hydrogen-bond donors (Lipinski definition) is 0. The number of aromatic nitrogens is 4. The Bertz CT molecular complexity index is 1110. The molecule has 1 saturated carbocycles. The molecule has 4 heterocycles. The van der Waals surface area contributed by atoms with Crippen molar-refractivity contribution in [1.82, 2.24) is 19.5 Å². The van der Waals surface area contributed by atoms with Crippen LogP contribution in [0.5, 0.6) is 0 Å². The largest absolute Gasteiger partial charge is 0.448 e. The van der Waals surface area contributed by atoms with Gasteiger partial charge in [0, 0.05) is 17.5 Å². The van der Waals surface area contributed by atoms with Crippen LogP contribution in [0.15, 0.2) is 40.3 Å². The van der Waals surface area contributed by atoms with Crippen molar-refractivity contribution in [3.05, 3.63) is 52.9 Å². The van der Waals surface area contributed by atoms with Gasteiger partial charge in [-0.25, -0.2) is 15.0 Å². The summed E-state index contributed by atoms with van der Waals surface area (Å²) in [5, 5.41) is 0.929. The van der Waals surface area contributed by atoms with Crippen LogP contribution in [0, 0.1) is 0 Å². The molecule has 1 fully saturated rings. The summed E-state index contributed by atoms with van der Waals surface area (Å²) in [4.78, 5) is 26.8. The van der Waals surface area contributed by atoms with Crippen LogP contribution in [-0.2, 0) is 6.54 Å². The molecule has 0 bridgehead atoms. The zero-order valence-electron chi connectivity index (χ0n) is 12.8. The lowest BCUT2D eigenvalue weighted by molar-refractivity contribution is 0.342. The van der Waals surface area contributed by atoms with Crippen LogP contribution < -0.4 is 5.56 Å². The van der Waals surface area contributed by atoms with Crippen molar-refractivity contribution in [3.8, 4) is 0 Å². The summed E-state index contributed by atoms with van der Waals surface area (Å²) in [7, 11) is 0. The SMILES string of the molecule is O=c1c2sc3ncccc3c2ncn1Cc1ncoc1C1CCC1. The summed E-state index contributed by atoms with van der Waals surface area (Å²) in [5.41, 5.74) is 1.51. The molecule has 5 rings (SSSR count). The standard InChI is InChI=1S/C17H14N4O2S/c22-17-15-13(11-5-2-6-18-16(11)24-15)19-8-21(17)7-12-14(23-9-20-12)10-3-1-4-10/h2,5-6,8-10H,1,3-4,7H2. The van der Waals surface area contributed by atoms with E-state index in [-0.39, 0.29) is 5.56 Å². The van der Waals surface area contributed by atoms with E-state index in [0.717, 1.165) is 40.0 Å². The molecule has 0 saturated heterocycles. The molecule has 0 N–H and O–H groups in total. The monoisotopic (exact) mass is 338 g/mol. The lowest BCUT2D eigenvalue weighted by Gasteiger charge is -2.23. The van der Waals surface area contributed by atoms with E-state index in [0.29, 0.717) is 17.2 Å². The van der Waals surface area contributed by atoms with Crippen molar-refractivity contribution in [2.75, 3.05) is 0 Å². The maximum absolute atomic E-state index is 12.8. The molecule has 0 amide bonds. The van der Waals surface area contributed by atoms with Gasteiger partial charge in [-0.15, -0.1) is 11.3 Å². The third kappa shape index (κ3) is 2.01. The van der Waals surface area contributed by atoms with Gasteiger partial charge in [-0.3, -0.25) is 9.36 Å². The molecule has 4 aromatic rings. The fraction of sp³-hybridized carbons (Fsp3) is 0.294.